The summed E-state index contributed by atoms with van der Waals surface area (Å²) in [5.41, 5.74) is 1.50. The summed E-state index contributed by atoms with van der Waals surface area (Å²) in [5.74, 6) is 0.757. The lowest BCUT2D eigenvalue weighted by Gasteiger charge is -2.24. The Labute approximate surface area is 183 Å². The summed E-state index contributed by atoms with van der Waals surface area (Å²) in [5, 5.41) is 3.85. The maximum atomic E-state index is 12.8. The van der Waals surface area contributed by atoms with Crippen molar-refractivity contribution in [2.45, 2.75) is 18.4 Å². The Morgan fingerprint density at radius 1 is 1.07 bits per heavy atom. The molecule has 1 aromatic heterocycles. The molecule has 0 spiro atoms. The molecule has 7 nitrogen and oxygen atoms in total. The lowest BCUT2D eigenvalue weighted by molar-refractivity contribution is 0.482. The Balaban J connectivity index is 1.73. The Kier molecular flexibility index (Phi) is 5.55. The number of hydrogen-bond acceptors (Lipinski definition) is 5. The third kappa shape index (κ3) is 4.21. The molecule has 0 aliphatic carbocycles. The first-order valence-electron chi connectivity index (χ1n) is 8.84. The maximum Gasteiger partial charge on any atom is 0.266 e. The van der Waals surface area contributed by atoms with Crippen molar-refractivity contribution in [3.63, 3.8) is 0 Å². The summed E-state index contributed by atoms with van der Waals surface area (Å²) in [6.07, 6.45) is 1.59. The van der Waals surface area contributed by atoms with Gasteiger partial charge in [0.25, 0.3) is 10.0 Å². The molecule has 1 aliphatic heterocycles. The molecule has 10 heteroatoms. The first kappa shape index (κ1) is 20.5. The molecule has 0 bridgehead atoms. The van der Waals surface area contributed by atoms with Gasteiger partial charge in [0.1, 0.15) is 16.3 Å². The van der Waals surface area contributed by atoms with Crippen molar-refractivity contribution in [2.24, 2.45) is 4.99 Å². The second-order valence-corrected chi connectivity index (χ2v) is 8.96. The van der Waals surface area contributed by atoms with Crippen molar-refractivity contribution in [1.82, 2.24) is 9.71 Å². The number of para-hydroxylation sites is 1. The molecule has 0 fully saturated rings. The highest BCUT2D eigenvalue weighted by Gasteiger charge is 2.30. The van der Waals surface area contributed by atoms with Crippen molar-refractivity contribution in [2.75, 3.05) is 5.32 Å². The van der Waals surface area contributed by atoms with Gasteiger partial charge in [-0.1, -0.05) is 35.3 Å². The number of aryl methyl sites for hydroxylation is 1. The highest BCUT2D eigenvalue weighted by molar-refractivity contribution is 7.90. The van der Waals surface area contributed by atoms with E-state index in [4.69, 9.17) is 27.9 Å². The Morgan fingerprint density at radius 2 is 1.83 bits per heavy atom. The second-order valence-electron chi connectivity index (χ2n) is 6.50. The van der Waals surface area contributed by atoms with Gasteiger partial charge in [-0.05, 0) is 48.9 Å². The number of pyridine rings is 1. The average molecular weight is 463 g/mol. The number of nitrogens with one attached hydrogen (secondary N) is 2. The van der Waals surface area contributed by atoms with E-state index in [1.165, 1.54) is 0 Å². The Bertz CT molecular complexity index is 1260. The number of benzene rings is 2. The minimum atomic E-state index is -3.86. The Hall–Kier alpha value is -2.81. The van der Waals surface area contributed by atoms with Gasteiger partial charge in [0.15, 0.2) is 5.75 Å². The molecule has 30 heavy (non-hydrogen) atoms. The van der Waals surface area contributed by atoms with Crippen LogP contribution in [0.15, 0.2) is 64.6 Å². The summed E-state index contributed by atoms with van der Waals surface area (Å²) >= 11 is 12.3. The number of halogens is 2. The van der Waals surface area contributed by atoms with E-state index in [0.717, 1.165) is 0 Å². The van der Waals surface area contributed by atoms with E-state index in [-0.39, 0.29) is 23.1 Å². The molecule has 2 aromatic carbocycles. The van der Waals surface area contributed by atoms with Crippen LogP contribution in [-0.4, -0.2) is 19.4 Å². The third-order valence-electron chi connectivity index (χ3n) is 4.25. The molecular weight excluding hydrogens is 447 g/mol. The molecule has 3 aromatic rings. The van der Waals surface area contributed by atoms with Gasteiger partial charge in [-0.3, -0.25) is 4.98 Å². The molecule has 2 heterocycles. The maximum absolute atomic E-state index is 12.8. The van der Waals surface area contributed by atoms with Crippen molar-refractivity contribution >= 4 is 44.9 Å². The predicted octanol–water partition coefficient (Wildman–Crippen LogP) is 4.75. The van der Waals surface area contributed by atoms with Gasteiger partial charge in [-0.25, -0.2) is 18.1 Å². The highest BCUT2D eigenvalue weighted by atomic mass is 35.5. The molecular formula is C20H16Cl2N4O3S. The number of aliphatic imine (C=N–C) groups is 1. The minimum Gasteiger partial charge on any atom is -0.454 e. The highest BCUT2D eigenvalue weighted by Crippen LogP contribution is 2.39. The summed E-state index contributed by atoms with van der Waals surface area (Å²) in [6, 6.07) is 13.6. The molecule has 0 radical (unpaired) electrons. The van der Waals surface area contributed by atoms with Crippen molar-refractivity contribution in [3.05, 3.63) is 76.0 Å². The second kappa shape index (κ2) is 8.14. The van der Waals surface area contributed by atoms with E-state index in [2.05, 4.69) is 20.0 Å². The summed E-state index contributed by atoms with van der Waals surface area (Å²) in [6.45, 7) is 1.87. The number of hydrogen-bond donors (Lipinski definition) is 2. The van der Waals surface area contributed by atoms with E-state index < -0.39 is 10.0 Å². The quantitative estimate of drug-likeness (QED) is 0.583. The molecule has 4 rings (SSSR count). The van der Waals surface area contributed by atoms with Crippen LogP contribution in [0.2, 0.25) is 10.0 Å². The van der Waals surface area contributed by atoms with Crippen LogP contribution in [0.4, 0.5) is 5.69 Å². The zero-order valence-electron chi connectivity index (χ0n) is 15.7. The van der Waals surface area contributed by atoms with Gasteiger partial charge in [0, 0.05) is 6.20 Å². The number of ether oxygens (including phenoxy) is 1. The number of fused-ring (bicyclic) bond motifs is 1. The first-order valence-corrected chi connectivity index (χ1v) is 11.1. The zero-order valence-corrected chi connectivity index (χ0v) is 18.0. The monoisotopic (exact) mass is 462 g/mol. The number of anilines is 1. The first-order chi connectivity index (χ1) is 14.3. The van der Waals surface area contributed by atoms with Crippen LogP contribution in [-0.2, 0) is 16.6 Å². The topological polar surface area (TPSA) is 92.7 Å². The van der Waals surface area contributed by atoms with Crippen LogP contribution in [0.25, 0.3) is 0 Å². The Morgan fingerprint density at radius 3 is 2.60 bits per heavy atom. The summed E-state index contributed by atoms with van der Waals surface area (Å²) < 4.78 is 34.0. The van der Waals surface area contributed by atoms with Crippen molar-refractivity contribution in [1.29, 1.82) is 0 Å². The minimum absolute atomic E-state index is 0.0390. The fourth-order valence-electron chi connectivity index (χ4n) is 2.87. The van der Waals surface area contributed by atoms with Crippen molar-refractivity contribution in [3.8, 4) is 11.5 Å². The van der Waals surface area contributed by atoms with Gasteiger partial charge in [0.2, 0.25) is 5.96 Å². The number of nitrogens with zero attached hydrogens (tertiary/aromatic N) is 2. The normalized spacial score (nSPS) is 15.8. The van der Waals surface area contributed by atoms with Gasteiger partial charge in [-0.2, -0.15) is 0 Å². The van der Waals surface area contributed by atoms with Gasteiger partial charge < -0.3 is 10.1 Å². The fourth-order valence-corrected chi connectivity index (χ4v) is 4.47. The average Bonchev–Trinajstić information content (AvgIpc) is 2.69. The van der Waals surface area contributed by atoms with Crippen LogP contribution in [0.1, 0.15) is 11.3 Å². The standard InChI is InChI=1S/C20H16Cl2N4O3S/c1-12-9-17(29-16-7-3-2-5-14(16)22)19-18(10-12)30(27,28)26-20(25-19)24-11-15-13(21)6-4-8-23-15/h2-10H,11H2,1H3,(H2,24,25,26). The molecule has 0 unspecified atom stereocenters. The van der Waals surface area contributed by atoms with Gasteiger partial charge >= 0.3 is 0 Å². The molecule has 0 saturated carbocycles. The molecule has 0 saturated heterocycles. The number of sulfonamides is 1. The zero-order chi connectivity index (χ0) is 21.3. The van der Waals surface area contributed by atoms with E-state index in [1.54, 1.807) is 61.7 Å². The molecule has 1 aliphatic rings. The molecule has 0 amide bonds. The summed E-state index contributed by atoms with van der Waals surface area (Å²) in [4.78, 5) is 8.49. The van der Waals surface area contributed by atoms with E-state index in [9.17, 15) is 8.42 Å². The number of guanidine groups is 1. The van der Waals surface area contributed by atoms with Crippen LogP contribution < -0.4 is 14.8 Å². The number of aromatic nitrogens is 1. The molecule has 154 valence electrons. The lowest BCUT2D eigenvalue weighted by Crippen LogP contribution is -2.41. The molecule has 0 atom stereocenters. The van der Waals surface area contributed by atoms with Gasteiger partial charge in [-0.15, -0.1) is 0 Å². The fraction of sp³-hybridized carbons (Fsp3) is 0.100. The molecule has 2 N–H and O–H groups in total. The van der Waals surface area contributed by atoms with Crippen LogP contribution >= 0.6 is 23.2 Å². The number of rotatable bonds is 4. The lowest BCUT2D eigenvalue weighted by atomic mass is 10.2. The van der Waals surface area contributed by atoms with Crippen LogP contribution in [0.3, 0.4) is 0 Å². The predicted molar refractivity (Wildman–Crippen MR) is 117 cm³/mol. The smallest absolute Gasteiger partial charge is 0.266 e. The van der Waals surface area contributed by atoms with Gasteiger partial charge in [0.05, 0.1) is 22.3 Å². The van der Waals surface area contributed by atoms with Crippen LogP contribution in [0, 0.1) is 6.92 Å². The summed E-state index contributed by atoms with van der Waals surface area (Å²) in [7, 11) is -3.86. The van der Waals surface area contributed by atoms with E-state index >= 15 is 0 Å². The third-order valence-corrected chi connectivity index (χ3v) is 6.27. The van der Waals surface area contributed by atoms with Crippen LogP contribution in [0.5, 0.6) is 11.5 Å². The SMILES string of the molecule is Cc1cc(Oc2ccccc2Cl)c2c(c1)S(=O)(=O)NC(=NCc1ncccc1Cl)N2. The van der Waals surface area contributed by atoms with E-state index in [0.29, 0.717) is 32.8 Å². The van der Waals surface area contributed by atoms with E-state index in [1.807, 2.05) is 0 Å². The largest absolute Gasteiger partial charge is 0.454 e. The van der Waals surface area contributed by atoms with Crippen molar-refractivity contribution < 1.29 is 13.2 Å².